The van der Waals surface area contributed by atoms with Crippen molar-refractivity contribution in [1.82, 2.24) is 5.32 Å². The Morgan fingerprint density at radius 3 is 1.96 bits per heavy atom. The summed E-state index contributed by atoms with van der Waals surface area (Å²) in [6.07, 6.45) is 6.24. The van der Waals surface area contributed by atoms with Crippen LogP contribution in [0.4, 0.5) is 0 Å². The summed E-state index contributed by atoms with van der Waals surface area (Å²) in [5.41, 5.74) is -1.00. The third-order valence-electron chi connectivity index (χ3n) is 6.10. The molecule has 0 heterocycles. The Hall–Kier alpha value is -1.59. The quantitative estimate of drug-likeness (QED) is 0.757. The van der Waals surface area contributed by atoms with Crippen LogP contribution in [0.2, 0.25) is 0 Å². The summed E-state index contributed by atoms with van der Waals surface area (Å²) in [4.78, 5) is 37.4. The second kappa shape index (κ2) is 6.86. The predicted octanol–water partition coefficient (Wildman–Crippen LogP) is 2.59. The Kier molecular flexibility index (Phi) is 5.06. The largest absolute Gasteiger partial charge is 0.467 e. The van der Waals surface area contributed by atoms with E-state index in [2.05, 4.69) is 5.32 Å². The minimum absolute atomic E-state index is 0.0874. The average molecular weight is 365 g/mol. The van der Waals surface area contributed by atoms with Gasteiger partial charge in [0.2, 0.25) is 5.91 Å². The first kappa shape index (κ1) is 19.2. The SMILES string of the molecule is COC(=O)[C@H](CC(=O)OC(C)(C)C)NC(=O)C12CC3CC(CC(C3)C1)C2. The van der Waals surface area contributed by atoms with Gasteiger partial charge in [0, 0.05) is 5.41 Å². The molecule has 0 spiro atoms. The van der Waals surface area contributed by atoms with Crippen LogP contribution in [0.25, 0.3) is 0 Å². The first-order valence-corrected chi connectivity index (χ1v) is 9.71. The Balaban J connectivity index is 1.68. The smallest absolute Gasteiger partial charge is 0.328 e. The minimum atomic E-state index is -0.990. The van der Waals surface area contributed by atoms with Gasteiger partial charge in [-0.05, 0) is 77.0 Å². The van der Waals surface area contributed by atoms with E-state index in [0.29, 0.717) is 17.8 Å². The number of methoxy groups -OCH3 is 1. The van der Waals surface area contributed by atoms with Crippen molar-refractivity contribution < 1.29 is 23.9 Å². The van der Waals surface area contributed by atoms with Crippen molar-refractivity contribution in [2.75, 3.05) is 7.11 Å². The highest BCUT2D eigenvalue weighted by Crippen LogP contribution is 2.60. The fourth-order valence-corrected chi connectivity index (χ4v) is 5.59. The maximum absolute atomic E-state index is 13.1. The van der Waals surface area contributed by atoms with Gasteiger partial charge in [-0.1, -0.05) is 0 Å². The fraction of sp³-hybridized carbons (Fsp3) is 0.850. The molecule has 4 bridgehead atoms. The third-order valence-corrected chi connectivity index (χ3v) is 6.10. The number of rotatable bonds is 5. The van der Waals surface area contributed by atoms with Gasteiger partial charge in [0.05, 0.1) is 13.5 Å². The number of hydrogen-bond acceptors (Lipinski definition) is 5. The van der Waals surface area contributed by atoms with Gasteiger partial charge in [0.25, 0.3) is 0 Å². The normalized spacial score (nSPS) is 33.5. The zero-order valence-electron chi connectivity index (χ0n) is 16.3. The van der Waals surface area contributed by atoms with Crippen LogP contribution in [-0.2, 0) is 23.9 Å². The lowest BCUT2D eigenvalue weighted by atomic mass is 9.49. The van der Waals surface area contributed by atoms with Crippen molar-refractivity contribution in [2.24, 2.45) is 23.2 Å². The maximum atomic E-state index is 13.1. The molecular weight excluding hydrogens is 334 g/mol. The molecule has 4 aliphatic rings. The molecule has 0 aromatic rings. The molecule has 4 rings (SSSR count). The van der Waals surface area contributed by atoms with Gasteiger partial charge >= 0.3 is 11.9 Å². The van der Waals surface area contributed by atoms with Crippen LogP contribution in [0.5, 0.6) is 0 Å². The molecule has 6 heteroatoms. The zero-order valence-corrected chi connectivity index (χ0v) is 16.3. The average Bonchev–Trinajstić information content (AvgIpc) is 2.50. The summed E-state index contributed by atoms with van der Waals surface area (Å²) in [6, 6.07) is -0.990. The monoisotopic (exact) mass is 365 g/mol. The van der Waals surface area contributed by atoms with Gasteiger partial charge in [-0.3, -0.25) is 9.59 Å². The van der Waals surface area contributed by atoms with Gasteiger partial charge < -0.3 is 14.8 Å². The van der Waals surface area contributed by atoms with Crippen molar-refractivity contribution in [1.29, 1.82) is 0 Å². The maximum Gasteiger partial charge on any atom is 0.328 e. The first-order valence-electron chi connectivity index (χ1n) is 9.71. The molecule has 26 heavy (non-hydrogen) atoms. The van der Waals surface area contributed by atoms with Gasteiger partial charge in [-0.25, -0.2) is 4.79 Å². The van der Waals surface area contributed by atoms with Crippen molar-refractivity contribution in [3.05, 3.63) is 0 Å². The summed E-state index contributed by atoms with van der Waals surface area (Å²) in [7, 11) is 1.27. The Bertz CT molecular complexity index is 556. The van der Waals surface area contributed by atoms with Crippen molar-refractivity contribution in [3.8, 4) is 0 Å². The van der Waals surface area contributed by atoms with E-state index in [1.807, 2.05) is 0 Å². The second-order valence-electron chi connectivity index (χ2n) is 9.54. The second-order valence-corrected chi connectivity index (χ2v) is 9.54. The summed E-state index contributed by atoms with van der Waals surface area (Å²) in [6.45, 7) is 5.31. The highest BCUT2D eigenvalue weighted by Gasteiger charge is 2.55. The van der Waals surface area contributed by atoms with E-state index in [-0.39, 0.29) is 17.7 Å². The molecule has 0 aromatic heterocycles. The van der Waals surface area contributed by atoms with E-state index in [9.17, 15) is 14.4 Å². The molecule has 146 valence electrons. The van der Waals surface area contributed by atoms with Crippen molar-refractivity contribution in [2.45, 2.75) is 77.4 Å². The number of nitrogens with one attached hydrogen (secondary N) is 1. The summed E-state index contributed by atoms with van der Waals surface area (Å²) >= 11 is 0. The first-order chi connectivity index (χ1) is 12.1. The molecular formula is C20H31NO5. The number of esters is 2. The zero-order chi connectivity index (χ0) is 19.1. The topological polar surface area (TPSA) is 81.7 Å². The lowest BCUT2D eigenvalue weighted by Gasteiger charge is -2.55. The fourth-order valence-electron chi connectivity index (χ4n) is 5.59. The van der Waals surface area contributed by atoms with Gasteiger partial charge in [0.15, 0.2) is 0 Å². The predicted molar refractivity (Wildman–Crippen MR) is 95.0 cm³/mol. The Morgan fingerprint density at radius 2 is 1.54 bits per heavy atom. The van der Waals surface area contributed by atoms with Crippen LogP contribution in [0.15, 0.2) is 0 Å². The standard InChI is InChI=1S/C20H31NO5/c1-19(2,3)26-16(22)8-15(17(23)25-4)21-18(24)20-9-12-5-13(10-20)7-14(6-12)11-20/h12-15H,5-11H2,1-4H3,(H,21,24)/t12?,13?,14?,15-,20?/m0/s1. The van der Waals surface area contributed by atoms with E-state index in [4.69, 9.17) is 9.47 Å². The highest BCUT2D eigenvalue weighted by atomic mass is 16.6. The van der Waals surface area contributed by atoms with Crippen molar-refractivity contribution >= 4 is 17.8 Å². The van der Waals surface area contributed by atoms with Crippen molar-refractivity contribution in [3.63, 3.8) is 0 Å². The lowest BCUT2D eigenvalue weighted by Crippen LogP contribution is -2.56. The molecule has 4 fully saturated rings. The molecule has 0 unspecified atom stereocenters. The molecule has 0 aromatic carbocycles. The molecule has 1 amide bonds. The molecule has 4 aliphatic carbocycles. The van der Waals surface area contributed by atoms with Crippen LogP contribution < -0.4 is 5.32 Å². The minimum Gasteiger partial charge on any atom is -0.467 e. The highest BCUT2D eigenvalue weighted by molar-refractivity contribution is 5.90. The Morgan fingerprint density at radius 1 is 1.04 bits per heavy atom. The molecule has 6 nitrogen and oxygen atoms in total. The summed E-state index contributed by atoms with van der Waals surface area (Å²) < 4.78 is 10.1. The molecule has 0 saturated heterocycles. The Labute approximate surface area is 155 Å². The van der Waals surface area contributed by atoms with Crippen LogP contribution in [0.1, 0.15) is 65.7 Å². The molecule has 1 atom stereocenters. The summed E-state index contributed by atoms with van der Waals surface area (Å²) in [5.74, 6) is 0.696. The van der Waals surface area contributed by atoms with Gasteiger partial charge in [-0.2, -0.15) is 0 Å². The van der Waals surface area contributed by atoms with Gasteiger partial charge in [-0.15, -0.1) is 0 Å². The van der Waals surface area contributed by atoms with E-state index in [1.54, 1.807) is 20.8 Å². The number of carbonyl (C=O) groups excluding carboxylic acids is 3. The molecule has 0 aliphatic heterocycles. The van der Waals surface area contributed by atoms with E-state index in [1.165, 1.54) is 26.4 Å². The molecule has 0 radical (unpaired) electrons. The number of carbonyl (C=O) groups is 3. The molecule has 1 N–H and O–H groups in total. The van der Waals surface area contributed by atoms with Crippen LogP contribution in [0, 0.1) is 23.2 Å². The van der Waals surface area contributed by atoms with Crippen LogP contribution in [-0.4, -0.2) is 36.6 Å². The van der Waals surface area contributed by atoms with Crippen LogP contribution >= 0.6 is 0 Å². The van der Waals surface area contributed by atoms with E-state index < -0.39 is 23.6 Å². The number of hydrogen-bond donors (Lipinski definition) is 1. The van der Waals surface area contributed by atoms with Crippen LogP contribution in [0.3, 0.4) is 0 Å². The number of ether oxygens (including phenoxy) is 2. The third kappa shape index (κ3) is 4.04. The van der Waals surface area contributed by atoms with Gasteiger partial charge in [0.1, 0.15) is 11.6 Å². The van der Waals surface area contributed by atoms with E-state index in [0.717, 1.165) is 19.3 Å². The lowest BCUT2D eigenvalue weighted by molar-refractivity contribution is -0.161. The van der Waals surface area contributed by atoms with E-state index >= 15 is 0 Å². The number of amides is 1. The summed E-state index contributed by atoms with van der Waals surface area (Å²) in [5, 5.41) is 2.83. The molecule has 4 saturated carbocycles.